The lowest BCUT2D eigenvalue weighted by Gasteiger charge is -2.34. The summed E-state index contributed by atoms with van der Waals surface area (Å²) in [6.45, 7) is 11.5. The number of nitrogens with zero attached hydrogens (tertiary/aromatic N) is 1. The van der Waals surface area contributed by atoms with Gasteiger partial charge in [0, 0.05) is 31.1 Å². The molecule has 1 fully saturated rings. The van der Waals surface area contributed by atoms with Crippen molar-refractivity contribution >= 4 is 24.2 Å². The topological polar surface area (TPSA) is 61.4 Å². The Bertz CT molecular complexity index is 328. The lowest BCUT2D eigenvalue weighted by Crippen LogP contribution is -2.56. The zero-order valence-corrected chi connectivity index (χ0v) is 13.3. The first kappa shape index (κ1) is 18.2. The summed E-state index contributed by atoms with van der Waals surface area (Å²) in [5.74, 6) is -0.0903. The summed E-state index contributed by atoms with van der Waals surface area (Å²) in [4.78, 5) is 25.8. The van der Waals surface area contributed by atoms with E-state index < -0.39 is 11.5 Å². The second-order valence-electron chi connectivity index (χ2n) is 6.08. The van der Waals surface area contributed by atoms with Crippen LogP contribution in [0.4, 0.5) is 0 Å². The molecule has 1 aliphatic heterocycles. The molecule has 19 heavy (non-hydrogen) atoms. The highest BCUT2D eigenvalue weighted by atomic mass is 35.5. The van der Waals surface area contributed by atoms with E-state index >= 15 is 0 Å². The summed E-state index contributed by atoms with van der Waals surface area (Å²) in [5, 5.41) is 6.07. The van der Waals surface area contributed by atoms with Gasteiger partial charge in [0.2, 0.25) is 11.8 Å². The molecule has 0 saturated carbocycles. The first-order chi connectivity index (χ1) is 8.21. The van der Waals surface area contributed by atoms with Gasteiger partial charge in [-0.3, -0.25) is 9.59 Å². The quantitative estimate of drug-likeness (QED) is 0.790. The maximum Gasteiger partial charge on any atom is 0.244 e. The molecular formula is C13H26ClN3O2. The van der Waals surface area contributed by atoms with Gasteiger partial charge >= 0.3 is 0 Å². The Labute approximate surface area is 121 Å². The number of carbonyl (C=O) groups is 2. The van der Waals surface area contributed by atoms with Crippen molar-refractivity contribution in [3.8, 4) is 0 Å². The third-order valence-corrected chi connectivity index (χ3v) is 3.08. The van der Waals surface area contributed by atoms with Crippen molar-refractivity contribution in [2.24, 2.45) is 5.41 Å². The van der Waals surface area contributed by atoms with Crippen molar-refractivity contribution in [3.63, 3.8) is 0 Å². The standard InChI is InChI=1S/C13H25N3O2.ClH/c1-9-8-16(7-6-14-9)11(17)10(2)15-12(18)13(3,4)5;/h9-10,14H,6-8H2,1-5H3,(H,15,18);1H. The molecule has 0 aromatic rings. The zero-order chi connectivity index (χ0) is 13.9. The maximum atomic E-state index is 12.2. The Morgan fingerprint density at radius 3 is 2.42 bits per heavy atom. The van der Waals surface area contributed by atoms with Crippen molar-refractivity contribution in [2.75, 3.05) is 19.6 Å². The summed E-state index contributed by atoms with van der Waals surface area (Å²) >= 11 is 0. The first-order valence-electron chi connectivity index (χ1n) is 6.55. The molecule has 2 amide bonds. The van der Waals surface area contributed by atoms with E-state index in [1.165, 1.54) is 0 Å². The molecule has 5 nitrogen and oxygen atoms in total. The predicted molar refractivity (Wildman–Crippen MR) is 78.4 cm³/mol. The van der Waals surface area contributed by atoms with Gasteiger partial charge in [-0.1, -0.05) is 20.8 Å². The monoisotopic (exact) mass is 291 g/mol. The molecule has 0 aliphatic carbocycles. The fourth-order valence-electron chi connectivity index (χ4n) is 1.88. The number of halogens is 1. The van der Waals surface area contributed by atoms with Crippen LogP contribution in [0.15, 0.2) is 0 Å². The van der Waals surface area contributed by atoms with Crippen molar-refractivity contribution in [2.45, 2.75) is 46.7 Å². The van der Waals surface area contributed by atoms with E-state index in [4.69, 9.17) is 0 Å². The molecule has 0 radical (unpaired) electrons. The van der Waals surface area contributed by atoms with E-state index in [1.807, 2.05) is 25.7 Å². The highest BCUT2D eigenvalue weighted by Gasteiger charge is 2.28. The van der Waals surface area contributed by atoms with Crippen LogP contribution < -0.4 is 10.6 Å². The predicted octanol–water partition coefficient (Wildman–Crippen LogP) is 0.779. The molecule has 2 N–H and O–H groups in total. The van der Waals surface area contributed by atoms with E-state index in [2.05, 4.69) is 17.6 Å². The first-order valence-corrected chi connectivity index (χ1v) is 6.55. The number of carbonyl (C=O) groups excluding carboxylic acids is 2. The molecule has 1 rings (SSSR count). The van der Waals surface area contributed by atoms with Crippen molar-refractivity contribution < 1.29 is 9.59 Å². The summed E-state index contributed by atoms with van der Waals surface area (Å²) < 4.78 is 0. The number of nitrogens with one attached hydrogen (secondary N) is 2. The average molecular weight is 292 g/mol. The number of rotatable bonds is 2. The van der Waals surface area contributed by atoms with Crippen LogP contribution in [0.1, 0.15) is 34.6 Å². The largest absolute Gasteiger partial charge is 0.344 e. The lowest BCUT2D eigenvalue weighted by molar-refractivity contribution is -0.138. The Balaban J connectivity index is 0.00000324. The van der Waals surface area contributed by atoms with Gasteiger partial charge in [-0.25, -0.2) is 0 Å². The molecule has 2 atom stereocenters. The third kappa shape index (κ3) is 5.37. The third-order valence-electron chi connectivity index (χ3n) is 3.08. The van der Waals surface area contributed by atoms with Gasteiger partial charge < -0.3 is 15.5 Å². The molecule has 1 saturated heterocycles. The Morgan fingerprint density at radius 1 is 1.37 bits per heavy atom. The van der Waals surface area contributed by atoms with E-state index in [9.17, 15) is 9.59 Å². The summed E-state index contributed by atoms with van der Waals surface area (Å²) in [6.07, 6.45) is 0. The van der Waals surface area contributed by atoms with Crippen molar-refractivity contribution in [1.29, 1.82) is 0 Å². The Hall–Kier alpha value is -0.810. The van der Waals surface area contributed by atoms with Crippen LogP contribution in [0.2, 0.25) is 0 Å². The van der Waals surface area contributed by atoms with Gasteiger partial charge in [-0.2, -0.15) is 0 Å². The van der Waals surface area contributed by atoms with E-state index in [-0.39, 0.29) is 24.2 Å². The molecule has 0 aromatic heterocycles. The fourth-order valence-corrected chi connectivity index (χ4v) is 1.88. The second-order valence-corrected chi connectivity index (χ2v) is 6.08. The summed E-state index contributed by atoms with van der Waals surface area (Å²) in [6, 6.07) is -0.143. The summed E-state index contributed by atoms with van der Waals surface area (Å²) in [7, 11) is 0. The lowest BCUT2D eigenvalue weighted by atomic mass is 9.95. The Morgan fingerprint density at radius 2 is 1.95 bits per heavy atom. The van der Waals surface area contributed by atoms with Gasteiger partial charge in [0.15, 0.2) is 0 Å². The van der Waals surface area contributed by atoms with Crippen LogP contribution in [0.3, 0.4) is 0 Å². The van der Waals surface area contributed by atoms with Crippen LogP contribution in [0.5, 0.6) is 0 Å². The minimum absolute atomic E-state index is 0. The van der Waals surface area contributed by atoms with Crippen molar-refractivity contribution in [1.82, 2.24) is 15.5 Å². The number of piperazine rings is 1. The maximum absolute atomic E-state index is 12.2. The molecule has 0 aromatic carbocycles. The van der Waals surface area contributed by atoms with E-state index in [0.29, 0.717) is 19.1 Å². The highest BCUT2D eigenvalue weighted by molar-refractivity contribution is 5.89. The smallest absolute Gasteiger partial charge is 0.244 e. The molecule has 1 aliphatic rings. The van der Waals surface area contributed by atoms with Crippen LogP contribution in [0.25, 0.3) is 0 Å². The number of amides is 2. The summed E-state index contributed by atoms with van der Waals surface area (Å²) in [5.41, 5.74) is -0.467. The molecule has 2 unspecified atom stereocenters. The average Bonchev–Trinajstić information content (AvgIpc) is 2.26. The molecular weight excluding hydrogens is 266 g/mol. The molecule has 1 heterocycles. The SMILES string of the molecule is CC1CN(C(=O)C(C)NC(=O)C(C)(C)C)CCN1.Cl. The van der Waals surface area contributed by atoms with Crippen LogP contribution in [0, 0.1) is 5.41 Å². The van der Waals surface area contributed by atoms with Gasteiger partial charge in [-0.05, 0) is 13.8 Å². The van der Waals surface area contributed by atoms with Crippen LogP contribution in [-0.2, 0) is 9.59 Å². The zero-order valence-electron chi connectivity index (χ0n) is 12.4. The normalized spacial score (nSPS) is 21.3. The van der Waals surface area contributed by atoms with Gasteiger partial charge in [0.05, 0.1) is 0 Å². The fraction of sp³-hybridized carbons (Fsp3) is 0.846. The van der Waals surface area contributed by atoms with Gasteiger partial charge in [0.1, 0.15) is 6.04 Å². The molecule has 112 valence electrons. The van der Waals surface area contributed by atoms with E-state index in [1.54, 1.807) is 6.92 Å². The number of hydrogen-bond acceptors (Lipinski definition) is 3. The van der Waals surface area contributed by atoms with E-state index in [0.717, 1.165) is 6.54 Å². The molecule has 0 spiro atoms. The van der Waals surface area contributed by atoms with Gasteiger partial charge in [-0.15, -0.1) is 12.4 Å². The second kappa shape index (κ2) is 7.10. The minimum atomic E-state index is -0.467. The van der Waals surface area contributed by atoms with Crippen LogP contribution in [-0.4, -0.2) is 48.4 Å². The molecule has 6 heteroatoms. The minimum Gasteiger partial charge on any atom is -0.344 e. The number of hydrogen-bond donors (Lipinski definition) is 2. The van der Waals surface area contributed by atoms with Gasteiger partial charge in [0.25, 0.3) is 0 Å². The van der Waals surface area contributed by atoms with Crippen molar-refractivity contribution in [3.05, 3.63) is 0 Å². The highest BCUT2D eigenvalue weighted by Crippen LogP contribution is 2.13. The van der Waals surface area contributed by atoms with Crippen LogP contribution >= 0.6 is 12.4 Å². The Kier molecular flexibility index (Phi) is 6.80. The molecule has 0 bridgehead atoms.